The molecule has 0 bridgehead atoms. The number of piperidine rings is 1. The lowest BCUT2D eigenvalue weighted by molar-refractivity contribution is 0.226. The summed E-state index contributed by atoms with van der Waals surface area (Å²) in [5.41, 5.74) is 3.14. The summed E-state index contributed by atoms with van der Waals surface area (Å²) in [6.07, 6.45) is 10.7. The Labute approximate surface area is 129 Å². The summed E-state index contributed by atoms with van der Waals surface area (Å²) in [6, 6.07) is 4.78. The summed E-state index contributed by atoms with van der Waals surface area (Å²) in [5, 5.41) is 3.42. The number of nitrogens with one attached hydrogen (secondary N) is 1. The molecule has 21 heavy (non-hydrogen) atoms. The molecule has 1 aliphatic carbocycles. The minimum absolute atomic E-state index is 0.340. The Morgan fingerprint density at radius 1 is 1.19 bits per heavy atom. The first-order valence-electron chi connectivity index (χ1n) is 8.67. The molecule has 1 saturated heterocycles. The first kappa shape index (κ1) is 14.8. The normalized spacial score (nSPS) is 22.7. The zero-order chi connectivity index (χ0) is 14.7. The smallest absolute Gasteiger partial charge is 0.0572 e. The molecule has 0 amide bonds. The fraction of sp³-hybridized carbons (Fsp3) is 0.722. The van der Waals surface area contributed by atoms with Crippen LogP contribution in [0.15, 0.2) is 18.3 Å². The van der Waals surface area contributed by atoms with E-state index in [-0.39, 0.29) is 0 Å². The van der Waals surface area contributed by atoms with Gasteiger partial charge >= 0.3 is 0 Å². The number of anilines is 1. The van der Waals surface area contributed by atoms with Gasteiger partial charge in [-0.15, -0.1) is 0 Å². The van der Waals surface area contributed by atoms with E-state index in [1.165, 1.54) is 57.3 Å². The highest BCUT2D eigenvalue weighted by atomic mass is 15.1. The fourth-order valence-electron chi connectivity index (χ4n) is 4.12. The van der Waals surface area contributed by atoms with Crippen molar-refractivity contribution in [1.29, 1.82) is 0 Å². The van der Waals surface area contributed by atoms with Crippen LogP contribution in [0.2, 0.25) is 0 Å². The lowest BCUT2D eigenvalue weighted by Gasteiger charge is -2.40. The zero-order valence-electron chi connectivity index (χ0n) is 13.6. The van der Waals surface area contributed by atoms with Gasteiger partial charge in [-0.25, -0.2) is 0 Å². The highest BCUT2D eigenvalue weighted by Gasteiger charge is 2.36. The monoisotopic (exact) mass is 287 g/mol. The Hall–Kier alpha value is -1.09. The van der Waals surface area contributed by atoms with E-state index >= 15 is 0 Å². The summed E-state index contributed by atoms with van der Waals surface area (Å²) in [6.45, 7) is 7.72. The molecule has 1 aromatic heterocycles. The second kappa shape index (κ2) is 6.35. The number of nitrogens with zero attached hydrogens (tertiary/aromatic N) is 2. The molecule has 1 atom stereocenters. The van der Waals surface area contributed by atoms with Crippen LogP contribution < -0.4 is 10.2 Å². The van der Waals surface area contributed by atoms with Gasteiger partial charge in [-0.05, 0) is 56.7 Å². The SMILES string of the molecule is CCNC(C)c1ccc(N2CCC3(CCCC3)CC2)cn1. The van der Waals surface area contributed by atoms with Crippen LogP contribution in [0.1, 0.15) is 64.1 Å². The number of hydrogen-bond acceptors (Lipinski definition) is 3. The Morgan fingerprint density at radius 2 is 1.90 bits per heavy atom. The van der Waals surface area contributed by atoms with Gasteiger partial charge in [0.05, 0.1) is 17.6 Å². The van der Waals surface area contributed by atoms with Crippen LogP contribution in [0.4, 0.5) is 5.69 Å². The number of pyridine rings is 1. The van der Waals surface area contributed by atoms with E-state index in [1.54, 1.807) is 0 Å². The average Bonchev–Trinajstić information content (AvgIpc) is 2.97. The van der Waals surface area contributed by atoms with Crippen LogP contribution in [0.3, 0.4) is 0 Å². The van der Waals surface area contributed by atoms with Gasteiger partial charge in [0.25, 0.3) is 0 Å². The molecule has 2 aliphatic rings. The summed E-state index contributed by atoms with van der Waals surface area (Å²) >= 11 is 0. The van der Waals surface area contributed by atoms with E-state index in [2.05, 4.69) is 47.4 Å². The molecule has 0 radical (unpaired) electrons. The Morgan fingerprint density at radius 3 is 2.48 bits per heavy atom. The van der Waals surface area contributed by atoms with Gasteiger partial charge in [0.1, 0.15) is 0 Å². The highest BCUT2D eigenvalue weighted by Crippen LogP contribution is 2.46. The van der Waals surface area contributed by atoms with Gasteiger partial charge in [-0.3, -0.25) is 4.98 Å². The molecule has 1 unspecified atom stereocenters. The van der Waals surface area contributed by atoms with E-state index in [0.717, 1.165) is 12.2 Å². The van der Waals surface area contributed by atoms with Crippen molar-refractivity contribution in [3.05, 3.63) is 24.0 Å². The Bertz CT molecular complexity index is 438. The Balaban J connectivity index is 1.60. The minimum atomic E-state index is 0.340. The number of rotatable bonds is 4. The van der Waals surface area contributed by atoms with E-state index in [9.17, 15) is 0 Å². The van der Waals surface area contributed by atoms with Crippen molar-refractivity contribution in [3.8, 4) is 0 Å². The highest BCUT2D eigenvalue weighted by molar-refractivity contribution is 5.45. The molecule has 2 fully saturated rings. The summed E-state index contributed by atoms with van der Waals surface area (Å²) in [4.78, 5) is 7.18. The molecular formula is C18H29N3. The molecule has 116 valence electrons. The van der Waals surface area contributed by atoms with Crippen LogP contribution >= 0.6 is 0 Å². The topological polar surface area (TPSA) is 28.2 Å². The van der Waals surface area contributed by atoms with E-state index in [1.807, 2.05) is 0 Å². The summed E-state index contributed by atoms with van der Waals surface area (Å²) in [7, 11) is 0. The van der Waals surface area contributed by atoms with Crippen molar-refractivity contribution in [2.75, 3.05) is 24.5 Å². The third kappa shape index (κ3) is 3.23. The van der Waals surface area contributed by atoms with Crippen molar-refractivity contribution >= 4 is 5.69 Å². The second-order valence-electron chi connectivity index (χ2n) is 6.91. The molecule has 3 rings (SSSR count). The maximum absolute atomic E-state index is 4.66. The van der Waals surface area contributed by atoms with E-state index in [4.69, 9.17) is 0 Å². The molecule has 1 spiro atoms. The molecule has 1 aromatic rings. The minimum Gasteiger partial charge on any atom is -0.370 e. The van der Waals surface area contributed by atoms with E-state index in [0.29, 0.717) is 11.5 Å². The van der Waals surface area contributed by atoms with E-state index < -0.39 is 0 Å². The summed E-state index contributed by atoms with van der Waals surface area (Å²) in [5.74, 6) is 0. The average molecular weight is 287 g/mol. The third-order valence-electron chi connectivity index (χ3n) is 5.58. The molecule has 1 aliphatic heterocycles. The molecule has 1 N–H and O–H groups in total. The number of aromatic nitrogens is 1. The van der Waals surface area contributed by atoms with Gasteiger partial charge in [-0.1, -0.05) is 19.8 Å². The van der Waals surface area contributed by atoms with Gasteiger partial charge < -0.3 is 10.2 Å². The lowest BCUT2D eigenvalue weighted by atomic mass is 9.77. The van der Waals surface area contributed by atoms with Crippen molar-refractivity contribution < 1.29 is 0 Å². The van der Waals surface area contributed by atoms with Crippen LogP contribution in [0.25, 0.3) is 0 Å². The standard InChI is InChI=1S/C18H29N3/c1-3-19-15(2)17-7-6-16(14-20-17)21-12-10-18(11-13-21)8-4-5-9-18/h6-7,14-15,19H,3-5,8-13H2,1-2H3. The van der Waals surface area contributed by atoms with Gasteiger partial charge in [0.2, 0.25) is 0 Å². The lowest BCUT2D eigenvalue weighted by Crippen LogP contribution is -2.38. The van der Waals surface area contributed by atoms with Crippen LogP contribution in [-0.2, 0) is 0 Å². The maximum atomic E-state index is 4.66. The molecule has 1 saturated carbocycles. The first-order chi connectivity index (χ1) is 10.2. The molecule has 3 heteroatoms. The first-order valence-corrected chi connectivity index (χ1v) is 8.67. The van der Waals surface area contributed by atoms with Gasteiger partial charge in [-0.2, -0.15) is 0 Å². The maximum Gasteiger partial charge on any atom is 0.0572 e. The second-order valence-corrected chi connectivity index (χ2v) is 6.91. The third-order valence-corrected chi connectivity index (χ3v) is 5.58. The molecule has 3 nitrogen and oxygen atoms in total. The summed E-state index contributed by atoms with van der Waals surface area (Å²) < 4.78 is 0. The largest absolute Gasteiger partial charge is 0.370 e. The van der Waals surface area contributed by atoms with Crippen molar-refractivity contribution in [1.82, 2.24) is 10.3 Å². The molecule has 0 aromatic carbocycles. The fourth-order valence-corrected chi connectivity index (χ4v) is 4.12. The number of hydrogen-bond donors (Lipinski definition) is 1. The van der Waals surface area contributed by atoms with Crippen molar-refractivity contribution in [3.63, 3.8) is 0 Å². The Kier molecular flexibility index (Phi) is 4.48. The van der Waals surface area contributed by atoms with Gasteiger partial charge in [0.15, 0.2) is 0 Å². The molecular weight excluding hydrogens is 258 g/mol. The van der Waals surface area contributed by atoms with Crippen LogP contribution in [0.5, 0.6) is 0 Å². The quantitative estimate of drug-likeness (QED) is 0.910. The van der Waals surface area contributed by atoms with Crippen LogP contribution in [0, 0.1) is 5.41 Å². The predicted molar refractivity (Wildman–Crippen MR) is 88.7 cm³/mol. The van der Waals surface area contributed by atoms with Gasteiger partial charge in [0, 0.05) is 19.1 Å². The predicted octanol–water partition coefficient (Wildman–Crippen LogP) is 3.91. The van der Waals surface area contributed by atoms with Crippen molar-refractivity contribution in [2.45, 2.75) is 58.4 Å². The molecule has 2 heterocycles. The van der Waals surface area contributed by atoms with Crippen molar-refractivity contribution in [2.24, 2.45) is 5.41 Å². The van der Waals surface area contributed by atoms with Crippen LogP contribution in [-0.4, -0.2) is 24.6 Å². The zero-order valence-corrected chi connectivity index (χ0v) is 13.6.